The van der Waals surface area contributed by atoms with Gasteiger partial charge >= 0.3 is 6.09 Å². The number of fused-ring (bicyclic) bond motifs is 1. The molecule has 4 fully saturated rings. The second-order valence-corrected chi connectivity index (χ2v) is 14.5. The third-order valence-corrected chi connectivity index (χ3v) is 10.4. The fourth-order valence-corrected chi connectivity index (χ4v) is 7.72. The third-order valence-electron chi connectivity index (χ3n) is 10.4. The summed E-state index contributed by atoms with van der Waals surface area (Å²) in [6.07, 6.45) is 6.99. The van der Waals surface area contributed by atoms with Crippen LogP contribution >= 0.6 is 0 Å². The van der Waals surface area contributed by atoms with Gasteiger partial charge in [-0.15, -0.1) is 0 Å². The number of ether oxygens (including phenoxy) is 1. The summed E-state index contributed by atoms with van der Waals surface area (Å²) < 4.78 is 23.1. The number of hydrogen-bond donors (Lipinski definition) is 1. The molecule has 0 aliphatic carbocycles. The Hall–Kier alpha value is -3.21. The molecule has 0 bridgehead atoms. The molecule has 1 spiro atoms. The summed E-state index contributed by atoms with van der Waals surface area (Å²) in [5.41, 5.74) is 1.42. The zero-order chi connectivity index (χ0) is 31.2. The molecular weight excluding hydrogens is 563 g/mol. The normalized spacial score (nSPS) is 23.8. The van der Waals surface area contributed by atoms with E-state index >= 15 is 4.39 Å². The highest BCUT2D eigenvalue weighted by molar-refractivity contribution is 6.02. The average molecular weight is 611 g/mol. The standard InChI is InChI=1S/C33H47FN6O4/c1-32(2,3)44-31(43)40-19-13-33(14-20-40)11-17-38(18-12-33)21-22-9-15-39(16-10-22)25-7-5-23-28(36-37(4)29(23)27(25)34)24-6-8-26(41)35-30(24)42/h5,7,22,24H,6,8-21H2,1-4H3,(H,35,41,42). The number of carbonyl (C=O) groups is 3. The lowest BCUT2D eigenvalue weighted by molar-refractivity contribution is -0.134. The zero-order valence-corrected chi connectivity index (χ0v) is 26.7. The molecule has 1 N–H and O–H groups in total. The van der Waals surface area contributed by atoms with Crippen molar-refractivity contribution in [1.29, 1.82) is 0 Å². The van der Waals surface area contributed by atoms with Crippen molar-refractivity contribution in [3.05, 3.63) is 23.6 Å². The van der Waals surface area contributed by atoms with Crippen molar-refractivity contribution >= 4 is 34.5 Å². The number of halogens is 1. The van der Waals surface area contributed by atoms with Crippen LogP contribution in [0.5, 0.6) is 0 Å². The van der Waals surface area contributed by atoms with E-state index in [-0.39, 0.29) is 30.1 Å². The number of nitrogens with one attached hydrogen (secondary N) is 1. The largest absolute Gasteiger partial charge is 0.444 e. The molecular formula is C33H47FN6O4. The Bertz CT molecular complexity index is 1410. The van der Waals surface area contributed by atoms with Gasteiger partial charge < -0.3 is 19.4 Å². The number of likely N-dealkylation sites (tertiary alicyclic amines) is 2. The summed E-state index contributed by atoms with van der Waals surface area (Å²) in [7, 11) is 1.71. The Balaban J connectivity index is 1.00. The van der Waals surface area contributed by atoms with Crippen LogP contribution in [0.25, 0.3) is 10.9 Å². The Morgan fingerprint density at radius 2 is 1.68 bits per heavy atom. The van der Waals surface area contributed by atoms with Crippen LogP contribution in [0.4, 0.5) is 14.9 Å². The minimum absolute atomic E-state index is 0.187. The number of aromatic nitrogens is 2. The highest BCUT2D eigenvalue weighted by atomic mass is 19.1. The van der Waals surface area contributed by atoms with E-state index in [4.69, 9.17) is 4.74 Å². The summed E-state index contributed by atoms with van der Waals surface area (Å²) in [6.45, 7) is 12.2. The minimum atomic E-state index is -0.549. The lowest BCUT2D eigenvalue weighted by Gasteiger charge is -2.47. The molecule has 6 rings (SSSR count). The van der Waals surface area contributed by atoms with Crippen molar-refractivity contribution in [3.63, 3.8) is 0 Å². The minimum Gasteiger partial charge on any atom is -0.444 e. The highest BCUT2D eigenvalue weighted by Gasteiger charge is 2.40. The number of piperidine rings is 4. The lowest BCUT2D eigenvalue weighted by atomic mass is 9.71. The number of amides is 3. The van der Waals surface area contributed by atoms with Gasteiger partial charge in [0.15, 0.2) is 5.82 Å². The molecule has 240 valence electrons. The van der Waals surface area contributed by atoms with Crippen molar-refractivity contribution in [3.8, 4) is 0 Å². The molecule has 4 saturated heterocycles. The SMILES string of the molecule is Cn1nc(C2CCC(=O)NC2=O)c2ccc(N3CCC(CN4CCC5(CC4)CCN(C(=O)OC(C)(C)C)CC5)CC3)c(F)c21. The van der Waals surface area contributed by atoms with E-state index in [1.54, 1.807) is 7.05 Å². The van der Waals surface area contributed by atoms with Gasteiger partial charge in [0, 0.05) is 51.6 Å². The first-order valence-corrected chi connectivity index (χ1v) is 16.4. The molecule has 1 aromatic carbocycles. The maximum Gasteiger partial charge on any atom is 0.410 e. The van der Waals surface area contributed by atoms with Gasteiger partial charge in [-0.1, -0.05) is 0 Å². The Kier molecular flexibility index (Phi) is 8.36. The molecule has 1 unspecified atom stereocenters. The zero-order valence-electron chi connectivity index (χ0n) is 26.7. The molecule has 4 aliphatic heterocycles. The van der Waals surface area contributed by atoms with Crippen molar-refractivity contribution in [2.75, 3.05) is 50.7 Å². The van der Waals surface area contributed by atoms with Crippen LogP contribution in [0.3, 0.4) is 0 Å². The van der Waals surface area contributed by atoms with Crippen molar-refractivity contribution in [2.45, 2.75) is 83.7 Å². The number of imide groups is 1. The monoisotopic (exact) mass is 610 g/mol. The molecule has 1 atom stereocenters. The van der Waals surface area contributed by atoms with Gasteiger partial charge in [0.25, 0.3) is 0 Å². The lowest BCUT2D eigenvalue weighted by Crippen LogP contribution is -2.50. The first-order valence-electron chi connectivity index (χ1n) is 16.4. The van der Waals surface area contributed by atoms with Gasteiger partial charge in [0.05, 0.1) is 17.3 Å². The summed E-state index contributed by atoms with van der Waals surface area (Å²) in [4.78, 5) is 43.2. The molecule has 0 radical (unpaired) electrons. The van der Waals surface area contributed by atoms with E-state index in [1.807, 2.05) is 37.8 Å². The van der Waals surface area contributed by atoms with Crippen LogP contribution in [-0.4, -0.2) is 88.9 Å². The first kappa shape index (κ1) is 30.8. The number of anilines is 1. The van der Waals surface area contributed by atoms with Crippen molar-refractivity contribution in [1.82, 2.24) is 24.9 Å². The van der Waals surface area contributed by atoms with Gasteiger partial charge in [0.1, 0.15) is 11.1 Å². The summed E-state index contributed by atoms with van der Waals surface area (Å²) in [5.74, 6) is -0.886. The van der Waals surface area contributed by atoms with E-state index < -0.39 is 11.5 Å². The second kappa shape index (κ2) is 11.9. The molecule has 44 heavy (non-hydrogen) atoms. The maximum absolute atomic E-state index is 15.9. The van der Waals surface area contributed by atoms with Gasteiger partial charge in [0.2, 0.25) is 11.8 Å². The summed E-state index contributed by atoms with van der Waals surface area (Å²) in [6, 6.07) is 3.71. The van der Waals surface area contributed by atoms with E-state index in [0.717, 1.165) is 71.5 Å². The molecule has 3 amide bonds. The van der Waals surface area contributed by atoms with Crippen molar-refractivity contribution < 1.29 is 23.5 Å². The van der Waals surface area contributed by atoms with Crippen molar-refractivity contribution in [2.24, 2.45) is 18.4 Å². The number of carbonyl (C=O) groups excluding carboxylic acids is 3. The molecule has 11 heteroatoms. The van der Waals surface area contributed by atoms with Gasteiger partial charge in [-0.25, -0.2) is 9.18 Å². The molecule has 4 aliphatic rings. The van der Waals surface area contributed by atoms with Crippen LogP contribution in [0.15, 0.2) is 12.1 Å². The summed E-state index contributed by atoms with van der Waals surface area (Å²) >= 11 is 0. The Morgan fingerprint density at radius 3 is 2.32 bits per heavy atom. The van der Waals surface area contributed by atoms with E-state index in [2.05, 4.69) is 20.2 Å². The fourth-order valence-electron chi connectivity index (χ4n) is 7.72. The quantitative estimate of drug-likeness (QED) is 0.507. The predicted molar refractivity (Wildman–Crippen MR) is 166 cm³/mol. The number of nitrogens with zero attached hydrogens (tertiary/aromatic N) is 5. The number of hydrogen-bond acceptors (Lipinski definition) is 7. The Labute approximate surface area is 259 Å². The van der Waals surface area contributed by atoms with E-state index in [9.17, 15) is 14.4 Å². The fraction of sp³-hybridized carbons (Fsp3) is 0.697. The molecule has 1 aromatic heterocycles. The second-order valence-electron chi connectivity index (χ2n) is 14.5. The molecule has 0 saturated carbocycles. The number of rotatable bonds is 4. The summed E-state index contributed by atoms with van der Waals surface area (Å²) in [5, 5.41) is 7.55. The van der Waals surface area contributed by atoms with Gasteiger partial charge in [-0.2, -0.15) is 5.10 Å². The topological polar surface area (TPSA) is 100 Å². The maximum atomic E-state index is 15.9. The smallest absolute Gasteiger partial charge is 0.410 e. The molecule has 10 nitrogen and oxygen atoms in total. The van der Waals surface area contributed by atoms with Gasteiger partial charge in [-0.3, -0.25) is 19.6 Å². The highest BCUT2D eigenvalue weighted by Crippen LogP contribution is 2.42. The van der Waals surface area contributed by atoms with Crippen LogP contribution in [0, 0.1) is 17.2 Å². The van der Waals surface area contributed by atoms with E-state index in [0.29, 0.717) is 40.0 Å². The van der Waals surface area contributed by atoms with E-state index in [1.165, 1.54) is 17.5 Å². The number of benzene rings is 1. The van der Waals surface area contributed by atoms with Crippen LogP contribution < -0.4 is 10.2 Å². The Morgan fingerprint density at radius 1 is 1.02 bits per heavy atom. The molecule has 5 heterocycles. The first-order chi connectivity index (χ1) is 20.9. The molecule has 2 aromatic rings. The van der Waals surface area contributed by atoms with Gasteiger partial charge in [-0.05, 0) is 102 Å². The number of aryl methyl sites for hydroxylation is 1. The predicted octanol–water partition coefficient (Wildman–Crippen LogP) is 4.56. The average Bonchev–Trinajstić information content (AvgIpc) is 3.31. The third kappa shape index (κ3) is 6.30. The van der Waals surface area contributed by atoms with Crippen LogP contribution in [-0.2, 0) is 21.4 Å². The van der Waals surface area contributed by atoms with Crippen LogP contribution in [0.1, 0.15) is 83.7 Å². The van der Waals surface area contributed by atoms with Crippen LogP contribution in [0.2, 0.25) is 0 Å².